The van der Waals surface area contributed by atoms with Gasteiger partial charge in [0.2, 0.25) is 5.91 Å². The average Bonchev–Trinajstić information content (AvgIpc) is 2.38. The van der Waals surface area contributed by atoms with Crippen LogP contribution in [0.5, 0.6) is 0 Å². The fraction of sp³-hybridized carbons (Fsp3) is 0.429. The highest BCUT2D eigenvalue weighted by Gasteiger charge is 2.18. The van der Waals surface area contributed by atoms with Crippen LogP contribution in [-0.4, -0.2) is 41.0 Å². The minimum atomic E-state index is -0.914. The molecular formula is C14H18ClFN2O3. The normalized spacial score (nSPS) is 12.2. The summed E-state index contributed by atoms with van der Waals surface area (Å²) in [7, 11) is 0. The van der Waals surface area contributed by atoms with E-state index in [2.05, 4.69) is 5.32 Å². The Morgan fingerprint density at radius 1 is 1.48 bits per heavy atom. The van der Waals surface area contributed by atoms with Crippen molar-refractivity contribution in [2.45, 2.75) is 26.3 Å². The molecule has 0 aliphatic heterocycles. The summed E-state index contributed by atoms with van der Waals surface area (Å²) in [6.45, 7) is 4.17. The van der Waals surface area contributed by atoms with Gasteiger partial charge in [0.25, 0.3) is 0 Å². The van der Waals surface area contributed by atoms with Gasteiger partial charge in [0.05, 0.1) is 23.7 Å². The number of aliphatic carboxylic acids is 1. The van der Waals surface area contributed by atoms with Gasteiger partial charge in [-0.25, -0.2) is 4.39 Å². The maximum atomic E-state index is 12.9. The standard InChI is InChI=1S/C14H18ClFN2O3/c1-3-18(9(2)6-14(20)21)8-13(19)17-12-5-4-10(16)7-11(12)15/h4-5,7,9H,3,6,8H2,1-2H3,(H,17,19)(H,20,21). The third-order valence-corrected chi connectivity index (χ3v) is 3.36. The zero-order chi connectivity index (χ0) is 16.0. The molecule has 0 spiro atoms. The first kappa shape index (κ1) is 17.4. The Kier molecular flexibility index (Phi) is 6.58. The third-order valence-electron chi connectivity index (χ3n) is 3.05. The van der Waals surface area contributed by atoms with E-state index in [1.54, 1.807) is 11.8 Å². The molecule has 7 heteroatoms. The minimum absolute atomic E-state index is 0.0403. The molecule has 0 aliphatic rings. The topological polar surface area (TPSA) is 69.6 Å². The van der Waals surface area contributed by atoms with Crippen LogP contribution >= 0.6 is 11.6 Å². The van der Waals surface area contributed by atoms with Crippen molar-refractivity contribution in [2.75, 3.05) is 18.4 Å². The number of carboxylic acid groups (broad SMARTS) is 1. The van der Waals surface area contributed by atoms with Crippen LogP contribution in [0.3, 0.4) is 0 Å². The number of carbonyl (C=O) groups excluding carboxylic acids is 1. The minimum Gasteiger partial charge on any atom is -0.481 e. The molecule has 0 heterocycles. The second kappa shape index (κ2) is 7.95. The SMILES string of the molecule is CCN(CC(=O)Nc1ccc(F)cc1Cl)C(C)CC(=O)O. The largest absolute Gasteiger partial charge is 0.481 e. The van der Waals surface area contributed by atoms with Crippen LogP contribution in [0.4, 0.5) is 10.1 Å². The van der Waals surface area contributed by atoms with Gasteiger partial charge in [0.15, 0.2) is 0 Å². The van der Waals surface area contributed by atoms with Gasteiger partial charge < -0.3 is 10.4 Å². The number of amides is 1. The highest BCUT2D eigenvalue weighted by Crippen LogP contribution is 2.22. The highest BCUT2D eigenvalue weighted by molar-refractivity contribution is 6.33. The number of nitrogens with one attached hydrogen (secondary N) is 1. The molecule has 1 unspecified atom stereocenters. The van der Waals surface area contributed by atoms with Gasteiger partial charge in [-0.2, -0.15) is 0 Å². The number of hydrogen-bond acceptors (Lipinski definition) is 3. The van der Waals surface area contributed by atoms with E-state index in [9.17, 15) is 14.0 Å². The number of carbonyl (C=O) groups is 2. The summed E-state index contributed by atoms with van der Waals surface area (Å²) in [6, 6.07) is 3.43. The molecule has 5 nitrogen and oxygen atoms in total. The zero-order valence-corrected chi connectivity index (χ0v) is 12.7. The van der Waals surface area contributed by atoms with Gasteiger partial charge in [0, 0.05) is 6.04 Å². The first-order valence-corrected chi connectivity index (χ1v) is 6.92. The van der Waals surface area contributed by atoms with Crippen molar-refractivity contribution in [3.8, 4) is 0 Å². The number of likely N-dealkylation sites (N-methyl/N-ethyl adjacent to an activating group) is 1. The van der Waals surface area contributed by atoms with Crippen LogP contribution in [-0.2, 0) is 9.59 Å². The van der Waals surface area contributed by atoms with Crippen molar-refractivity contribution in [1.82, 2.24) is 4.90 Å². The quantitative estimate of drug-likeness (QED) is 0.811. The van der Waals surface area contributed by atoms with E-state index in [1.165, 1.54) is 12.1 Å². The van der Waals surface area contributed by atoms with Gasteiger partial charge in [0.1, 0.15) is 5.82 Å². The molecule has 21 heavy (non-hydrogen) atoms. The van der Waals surface area contributed by atoms with Gasteiger partial charge in [-0.3, -0.25) is 14.5 Å². The predicted octanol–water partition coefficient (Wildman–Crippen LogP) is 2.60. The fourth-order valence-electron chi connectivity index (χ4n) is 1.93. The number of anilines is 1. The second-order valence-corrected chi connectivity index (χ2v) is 5.09. The summed E-state index contributed by atoms with van der Waals surface area (Å²) >= 11 is 5.83. The first-order chi connectivity index (χ1) is 9.83. The van der Waals surface area contributed by atoms with Crippen molar-refractivity contribution >= 4 is 29.2 Å². The number of benzene rings is 1. The third kappa shape index (κ3) is 5.69. The summed E-state index contributed by atoms with van der Waals surface area (Å²) in [4.78, 5) is 24.4. The molecule has 0 saturated carbocycles. The van der Waals surface area contributed by atoms with Crippen molar-refractivity contribution in [1.29, 1.82) is 0 Å². The molecule has 0 saturated heterocycles. The van der Waals surface area contributed by atoms with Gasteiger partial charge >= 0.3 is 5.97 Å². The zero-order valence-electron chi connectivity index (χ0n) is 11.9. The maximum Gasteiger partial charge on any atom is 0.304 e. The molecule has 0 bridgehead atoms. The van der Waals surface area contributed by atoms with Crippen molar-refractivity contribution in [2.24, 2.45) is 0 Å². The molecule has 0 radical (unpaired) electrons. The predicted molar refractivity (Wildman–Crippen MR) is 79.0 cm³/mol. The van der Waals surface area contributed by atoms with Crippen LogP contribution < -0.4 is 5.32 Å². The van der Waals surface area contributed by atoms with E-state index in [-0.39, 0.29) is 29.9 Å². The number of carboxylic acids is 1. The van der Waals surface area contributed by atoms with Crippen LogP contribution in [0.2, 0.25) is 5.02 Å². The Morgan fingerprint density at radius 3 is 2.67 bits per heavy atom. The number of hydrogen-bond donors (Lipinski definition) is 2. The first-order valence-electron chi connectivity index (χ1n) is 6.54. The lowest BCUT2D eigenvalue weighted by atomic mass is 10.2. The van der Waals surface area contributed by atoms with Crippen LogP contribution in [0.15, 0.2) is 18.2 Å². The van der Waals surface area contributed by atoms with Crippen molar-refractivity contribution in [3.63, 3.8) is 0 Å². The second-order valence-electron chi connectivity index (χ2n) is 4.68. The van der Waals surface area contributed by atoms with E-state index in [4.69, 9.17) is 16.7 Å². The molecule has 0 aliphatic carbocycles. The van der Waals surface area contributed by atoms with E-state index >= 15 is 0 Å². The monoisotopic (exact) mass is 316 g/mol. The summed E-state index contributed by atoms with van der Waals surface area (Å²) in [5, 5.41) is 11.5. The fourth-order valence-corrected chi connectivity index (χ4v) is 2.14. The van der Waals surface area contributed by atoms with Gasteiger partial charge in [-0.05, 0) is 31.7 Å². The Hall–Kier alpha value is -1.66. The van der Waals surface area contributed by atoms with E-state index in [1.807, 2.05) is 6.92 Å². The maximum absolute atomic E-state index is 12.9. The molecular weight excluding hydrogens is 299 g/mol. The summed E-state index contributed by atoms with van der Waals surface area (Å²) in [5.41, 5.74) is 0.324. The molecule has 2 N–H and O–H groups in total. The summed E-state index contributed by atoms with van der Waals surface area (Å²) in [5.74, 6) is -1.73. The molecule has 1 aromatic carbocycles. The van der Waals surface area contributed by atoms with E-state index < -0.39 is 11.8 Å². The number of rotatable bonds is 7. The highest BCUT2D eigenvalue weighted by atomic mass is 35.5. The molecule has 1 atom stereocenters. The number of nitrogens with zero attached hydrogens (tertiary/aromatic N) is 1. The van der Waals surface area contributed by atoms with Crippen molar-refractivity contribution in [3.05, 3.63) is 29.0 Å². The molecule has 0 aromatic heterocycles. The van der Waals surface area contributed by atoms with Gasteiger partial charge in [-0.1, -0.05) is 18.5 Å². The molecule has 1 aromatic rings. The molecule has 1 rings (SSSR count). The lowest BCUT2D eigenvalue weighted by Crippen LogP contribution is -2.40. The molecule has 1 amide bonds. The van der Waals surface area contributed by atoms with Crippen LogP contribution in [0, 0.1) is 5.82 Å². The molecule has 0 fully saturated rings. The Labute approximate surface area is 127 Å². The average molecular weight is 317 g/mol. The van der Waals surface area contributed by atoms with Crippen molar-refractivity contribution < 1.29 is 19.1 Å². The summed E-state index contributed by atoms with van der Waals surface area (Å²) < 4.78 is 12.9. The van der Waals surface area contributed by atoms with E-state index in [0.717, 1.165) is 6.07 Å². The lowest BCUT2D eigenvalue weighted by molar-refractivity contribution is -0.138. The Balaban J connectivity index is 2.64. The lowest BCUT2D eigenvalue weighted by Gasteiger charge is -2.26. The Morgan fingerprint density at radius 2 is 2.14 bits per heavy atom. The Bertz CT molecular complexity index is 525. The molecule has 116 valence electrons. The van der Waals surface area contributed by atoms with Crippen LogP contribution in [0.25, 0.3) is 0 Å². The van der Waals surface area contributed by atoms with Crippen LogP contribution in [0.1, 0.15) is 20.3 Å². The summed E-state index contributed by atoms with van der Waals surface area (Å²) in [6.07, 6.45) is -0.0432. The van der Waals surface area contributed by atoms with E-state index in [0.29, 0.717) is 12.2 Å². The number of halogens is 2. The van der Waals surface area contributed by atoms with Gasteiger partial charge in [-0.15, -0.1) is 0 Å². The smallest absolute Gasteiger partial charge is 0.304 e.